The average Bonchev–Trinajstić information content (AvgIpc) is 1.67. The molecule has 0 amide bonds. The molecule has 0 aliphatic heterocycles. The van der Waals surface area contributed by atoms with Crippen molar-refractivity contribution in [1.29, 1.82) is 0 Å². The normalized spacial score (nSPS) is 18.8. The maximum atomic E-state index is 9.40. The molecule has 0 radical (unpaired) electrons. The summed E-state index contributed by atoms with van der Waals surface area (Å²) in [4.78, 5) is 0. The van der Waals surface area contributed by atoms with Crippen molar-refractivity contribution in [2.75, 3.05) is 0 Å². The van der Waals surface area contributed by atoms with E-state index < -0.39 is 5.60 Å². The lowest BCUT2D eigenvalue weighted by atomic mass is 9.90. The van der Waals surface area contributed by atoms with Crippen LogP contribution in [0.1, 0.15) is 34.1 Å². The fourth-order valence-electron chi connectivity index (χ4n) is 0.408. The monoisotopic (exact) mass is 116 g/mol. The van der Waals surface area contributed by atoms with Gasteiger partial charge in [0.15, 0.2) is 0 Å². The van der Waals surface area contributed by atoms with Crippen molar-refractivity contribution < 1.29 is 5.11 Å². The molecule has 1 N–H and O–H groups in total. The fourth-order valence-corrected chi connectivity index (χ4v) is 0.408. The van der Waals surface area contributed by atoms with Crippen LogP contribution in [-0.2, 0) is 0 Å². The molecule has 1 nitrogen and oxygen atoms in total. The Morgan fingerprint density at radius 3 is 1.88 bits per heavy atom. The maximum Gasteiger partial charge on any atom is 0.0639 e. The Morgan fingerprint density at radius 2 is 1.88 bits per heavy atom. The standard InChI is InChI=1S/C7H16O/c1-5-7(4,8)6(2)3/h6,8H,5H2,1-4H3/t7-/m1/s1. The van der Waals surface area contributed by atoms with E-state index in [0.29, 0.717) is 5.92 Å². The van der Waals surface area contributed by atoms with Gasteiger partial charge in [0.05, 0.1) is 5.60 Å². The molecule has 1 heteroatoms. The van der Waals surface area contributed by atoms with Gasteiger partial charge in [-0.05, 0) is 19.3 Å². The van der Waals surface area contributed by atoms with Crippen LogP contribution in [0, 0.1) is 5.92 Å². The average molecular weight is 116 g/mol. The summed E-state index contributed by atoms with van der Waals surface area (Å²) in [5.41, 5.74) is -0.458. The second kappa shape index (κ2) is 2.49. The molecule has 0 aromatic rings. The van der Waals surface area contributed by atoms with Gasteiger partial charge in [0.2, 0.25) is 0 Å². The van der Waals surface area contributed by atoms with Crippen LogP contribution in [-0.4, -0.2) is 10.7 Å². The Morgan fingerprint density at radius 1 is 1.50 bits per heavy atom. The summed E-state index contributed by atoms with van der Waals surface area (Å²) in [6.45, 7) is 7.94. The lowest BCUT2D eigenvalue weighted by Gasteiger charge is -2.25. The first-order chi connectivity index (χ1) is 3.50. The van der Waals surface area contributed by atoms with E-state index >= 15 is 0 Å². The quantitative estimate of drug-likeness (QED) is 0.583. The van der Waals surface area contributed by atoms with E-state index in [2.05, 4.69) is 0 Å². The van der Waals surface area contributed by atoms with Crippen molar-refractivity contribution in [3.05, 3.63) is 0 Å². The highest BCUT2D eigenvalue weighted by molar-refractivity contribution is 4.73. The molecule has 0 spiro atoms. The summed E-state index contributed by atoms with van der Waals surface area (Å²) in [5.74, 6) is 0.368. The number of aliphatic hydroxyl groups is 1. The van der Waals surface area contributed by atoms with Crippen molar-refractivity contribution >= 4 is 0 Å². The van der Waals surface area contributed by atoms with Crippen LogP contribution in [0.5, 0.6) is 0 Å². The number of hydrogen-bond acceptors (Lipinski definition) is 1. The third kappa shape index (κ3) is 1.83. The molecule has 50 valence electrons. The van der Waals surface area contributed by atoms with Gasteiger partial charge in [-0.1, -0.05) is 20.8 Å². The minimum Gasteiger partial charge on any atom is -0.390 e. The second-order valence-corrected chi connectivity index (χ2v) is 2.87. The zero-order chi connectivity index (χ0) is 6.78. The number of hydrogen-bond donors (Lipinski definition) is 1. The zero-order valence-electron chi connectivity index (χ0n) is 6.23. The van der Waals surface area contributed by atoms with Crippen LogP contribution in [0.15, 0.2) is 0 Å². The summed E-state index contributed by atoms with van der Waals surface area (Å²) in [5, 5.41) is 9.40. The highest BCUT2D eigenvalue weighted by Crippen LogP contribution is 2.18. The van der Waals surface area contributed by atoms with E-state index in [4.69, 9.17) is 0 Å². The number of rotatable bonds is 2. The van der Waals surface area contributed by atoms with Crippen molar-refractivity contribution in [3.8, 4) is 0 Å². The lowest BCUT2D eigenvalue weighted by Crippen LogP contribution is -2.29. The highest BCUT2D eigenvalue weighted by Gasteiger charge is 2.21. The first-order valence-electron chi connectivity index (χ1n) is 3.23. The van der Waals surface area contributed by atoms with E-state index in [-0.39, 0.29) is 0 Å². The highest BCUT2D eigenvalue weighted by atomic mass is 16.3. The first-order valence-corrected chi connectivity index (χ1v) is 3.23. The molecular weight excluding hydrogens is 100 g/mol. The smallest absolute Gasteiger partial charge is 0.0639 e. The zero-order valence-corrected chi connectivity index (χ0v) is 6.23. The van der Waals surface area contributed by atoms with E-state index in [1.807, 2.05) is 27.7 Å². The Kier molecular flexibility index (Phi) is 2.48. The van der Waals surface area contributed by atoms with Gasteiger partial charge in [-0.2, -0.15) is 0 Å². The molecule has 0 aliphatic rings. The molecule has 0 heterocycles. The van der Waals surface area contributed by atoms with E-state index in [9.17, 15) is 5.11 Å². The molecule has 0 saturated carbocycles. The van der Waals surface area contributed by atoms with E-state index in [0.717, 1.165) is 6.42 Å². The van der Waals surface area contributed by atoms with E-state index in [1.165, 1.54) is 0 Å². The summed E-state index contributed by atoms with van der Waals surface area (Å²) in [6.07, 6.45) is 0.838. The predicted octanol–water partition coefficient (Wildman–Crippen LogP) is 1.80. The minimum atomic E-state index is -0.458. The summed E-state index contributed by atoms with van der Waals surface area (Å²) in [6, 6.07) is 0. The third-order valence-electron chi connectivity index (χ3n) is 1.96. The van der Waals surface area contributed by atoms with Crippen LogP contribution in [0.2, 0.25) is 0 Å². The molecule has 0 fully saturated rings. The summed E-state index contributed by atoms with van der Waals surface area (Å²) >= 11 is 0. The Hall–Kier alpha value is -0.0400. The Balaban J connectivity index is 3.71. The molecule has 0 saturated heterocycles. The first kappa shape index (κ1) is 7.96. The van der Waals surface area contributed by atoms with E-state index in [1.54, 1.807) is 0 Å². The summed E-state index contributed by atoms with van der Waals surface area (Å²) in [7, 11) is 0. The van der Waals surface area contributed by atoms with Crippen LogP contribution >= 0.6 is 0 Å². The van der Waals surface area contributed by atoms with Crippen LogP contribution < -0.4 is 0 Å². The van der Waals surface area contributed by atoms with Crippen molar-refractivity contribution in [2.45, 2.75) is 39.7 Å². The molecule has 0 rings (SSSR count). The fraction of sp³-hybridized carbons (Fsp3) is 1.00. The molecule has 0 aromatic heterocycles. The topological polar surface area (TPSA) is 20.2 Å². The SMILES string of the molecule is CC[C@@](C)(O)C(C)C. The molecule has 0 bridgehead atoms. The van der Waals surface area contributed by atoms with Gasteiger partial charge in [0.1, 0.15) is 0 Å². The third-order valence-corrected chi connectivity index (χ3v) is 1.96. The van der Waals surface area contributed by atoms with Gasteiger partial charge in [0, 0.05) is 0 Å². The van der Waals surface area contributed by atoms with Crippen LogP contribution in [0.3, 0.4) is 0 Å². The van der Waals surface area contributed by atoms with Gasteiger partial charge in [-0.3, -0.25) is 0 Å². The molecule has 0 unspecified atom stereocenters. The minimum absolute atomic E-state index is 0.368. The maximum absolute atomic E-state index is 9.40. The molecule has 0 aliphatic carbocycles. The van der Waals surface area contributed by atoms with Crippen molar-refractivity contribution in [3.63, 3.8) is 0 Å². The van der Waals surface area contributed by atoms with Gasteiger partial charge in [-0.15, -0.1) is 0 Å². The Labute approximate surface area is 51.7 Å². The second-order valence-electron chi connectivity index (χ2n) is 2.87. The summed E-state index contributed by atoms with van der Waals surface area (Å²) < 4.78 is 0. The molecule has 8 heavy (non-hydrogen) atoms. The molecule has 0 aromatic carbocycles. The largest absolute Gasteiger partial charge is 0.390 e. The van der Waals surface area contributed by atoms with Crippen LogP contribution in [0.25, 0.3) is 0 Å². The van der Waals surface area contributed by atoms with Gasteiger partial charge in [-0.25, -0.2) is 0 Å². The molecule has 1 atom stereocenters. The van der Waals surface area contributed by atoms with Crippen LogP contribution in [0.4, 0.5) is 0 Å². The lowest BCUT2D eigenvalue weighted by molar-refractivity contribution is 0.00998. The van der Waals surface area contributed by atoms with Crippen molar-refractivity contribution in [2.24, 2.45) is 5.92 Å². The Bertz CT molecular complexity index is 64.8. The van der Waals surface area contributed by atoms with Crippen molar-refractivity contribution in [1.82, 2.24) is 0 Å². The van der Waals surface area contributed by atoms with Gasteiger partial charge in [0.25, 0.3) is 0 Å². The molecular formula is C7H16O. The predicted molar refractivity (Wildman–Crippen MR) is 35.8 cm³/mol. The van der Waals surface area contributed by atoms with Gasteiger partial charge >= 0.3 is 0 Å². The van der Waals surface area contributed by atoms with Gasteiger partial charge < -0.3 is 5.11 Å².